The average Bonchev–Trinajstić information content (AvgIpc) is 2.42. The van der Waals surface area contributed by atoms with Crippen LogP contribution in [0.3, 0.4) is 0 Å². The summed E-state index contributed by atoms with van der Waals surface area (Å²) in [5.74, 6) is 0.164. The summed E-state index contributed by atoms with van der Waals surface area (Å²) in [5, 5.41) is 4.16. The van der Waals surface area contributed by atoms with E-state index in [4.69, 9.17) is 0 Å². The van der Waals surface area contributed by atoms with Crippen LogP contribution < -0.4 is 4.72 Å². The van der Waals surface area contributed by atoms with E-state index >= 15 is 0 Å². The second kappa shape index (κ2) is 4.86. The molecule has 1 aromatic heterocycles. The molecule has 0 spiro atoms. The molecule has 1 heterocycles. The van der Waals surface area contributed by atoms with E-state index in [1.165, 1.54) is 0 Å². The molecule has 0 atom stereocenters. The van der Waals surface area contributed by atoms with Crippen LogP contribution in [0.4, 0.5) is 5.69 Å². The van der Waals surface area contributed by atoms with Gasteiger partial charge in [0.15, 0.2) is 0 Å². The van der Waals surface area contributed by atoms with E-state index in [1.807, 2.05) is 13.8 Å². The van der Waals surface area contributed by atoms with Gasteiger partial charge in [0.1, 0.15) is 0 Å². The fraction of sp³-hybridized carbons (Fsp3) is 0.700. The van der Waals surface area contributed by atoms with Crippen molar-refractivity contribution in [2.75, 3.05) is 10.5 Å². The predicted molar refractivity (Wildman–Crippen MR) is 65.0 cm³/mol. The fourth-order valence-corrected chi connectivity index (χ4v) is 2.84. The van der Waals surface area contributed by atoms with Crippen molar-refractivity contribution < 1.29 is 8.42 Å². The molecule has 0 unspecified atom stereocenters. The van der Waals surface area contributed by atoms with Crippen molar-refractivity contribution in [2.45, 2.75) is 33.6 Å². The second-order valence-electron chi connectivity index (χ2n) is 3.94. The average molecular weight is 245 g/mol. The lowest BCUT2D eigenvalue weighted by Crippen LogP contribution is -2.17. The molecule has 0 saturated carbocycles. The molecular weight excluding hydrogens is 226 g/mol. The van der Waals surface area contributed by atoms with Gasteiger partial charge in [0.25, 0.3) is 0 Å². The number of unbranched alkanes of at least 4 members (excludes halogenated alkanes) is 1. The molecule has 0 aliphatic carbocycles. The molecule has 0 saturated heterocycles. The van der Waals surface area contributed by atoms with Crippen LogP contribution in [-0.2, 0) is 17.1 Å². The summed E-state index contributed by atoms with van der Waals surface area (Å²) in [6, 6.07) is 0. The highest BCUT2D eigenvalue weighted by atomic mass is 32.2. The lowest BCUT2D eigenvalue weighted by atomic mass is 10.3. The SMILES string of the molecule is CCCCS(=O)(=O)Nc1c(C)nn(C)c1C. The van der Waals surface area contributed by atoms with Crippen LogP contribution in [0.1, 0.15) is 31.2 Å². The normalized spacial score (nSPS) is 11.8. The molecule has 0 amide bonds. The van der Waals surface area contributed by atoms with E-state index in [0.29, 0.717) is 17.8 Å². The quantitative estimate of drug-likeness (QED) is 0.856. The minimum Gasteiger partial charge on any atom is -0.280 e. The number of rotatable bonds is 5. The van der Waals surface area contributed by atoms with Crippen LogP contribution in [0.5, 0.6) is 0 Å². The summed E-state index contributed by atoms with van der Waals surface area (Å²) in [7, 11) is -1.43. The van der Waals surface area contributed by atoms with Gasteiger partial charge >= 0.3 is 0 Å². The predicted octanol–water partition coefficient (Wildman–Crippen LogP) is 1.58. The summed E-state index contributed by atoms with van der Waals surface area (Å²) >= 11 is 0. The van der Waals surface area contributed by atoms with E-state index in [9.17, 15) is 8.42 Å². The molecule has 6 heteroatoms. The van der Waals surface area contributed by atoms with Crippen LogP contribution in [0, 0.1) is 13.8 Å². The topological polar surface area (TPSA) is 64.0 Å². The van der Waals surface area contributed by atoms with E-state index in [0.717, 1.165) is 12.1 Å². The maximum absolute atomic E-state index is 11.7. The number of hydrogen-bond donors (Lipinski definition) is 1. The minimum absolute atomic E-state index is 0.164. The maximum atomic E-state index is 11.7. The Kier molecular flexibility index (Phi) is 3.96. The fourth-order valence-electron chi connectivity index (χ4n) is 1.46. The zero-order valence-corrected chi connectivity index (χ0v) is 11.1. The van der Waals surface area contributed by atoms with Crippen molar-refractivity contribution in [1.82, 2.24) is 9.78 Å². The molecule has 1 aromatic rings. The van der Waals surface area contributed by atoms with E-state index in [2.05, 4.69) is 9.82 Å². The van der Waals surface area contributed by atoms with E-state index in [-0.39, 0.29) is 5.75 Å². The molecule has 0 radical (unpaired) electrons. The smallest absolute Gasteiger partial charge is 0.232 e. The van der Waals surface area contributed by atoms with Crippen molar-refractivity contribution in [3.63, 3.8) is 0 Å². The van der Waals surface area contributed by atoms with E-state index < -0.39 is 10.0 Å². The molecular formula is C10H19N3O2S. The van der Waals surface area contributed by atoms with Crippen LogP contribution in [0.15, 0.2) is 0 Å². The van der Waals surface area contributed by atoms with Crippen molar-refractivity contribution in [3.8, 4) is 0 Å². The van der Waals surface area contributed by atoms with Crippen LogP contribution in [-0.4, -0.2) is 24.0 Å². The molecule has 0 aliphatic heterocycles. The van der Waals surface area contributed by atoms with Gasteiger partial charge in [0, 0.05) is 7.05 Å². The lowest BCUT2D eigenvalue weighted by molar-refractivity contribution is 0.597. The van der Waals surface area contributed by atoms with Gasteiger partial charge in [-0.2, -0.15) is 5.10 Å². The summed E-state index contributed by atoms with van der Waals surface area (Å²) in [4.78, 5) is 0. The number of nitrogens with one attached hydrogen (secondary N) is 1. The first-order chi connectivity index (χ1) is 7.37. The summed E-state index contributed by atoms with van der Waals surface area (Å²) in [6.45, 7) is 5.61. The zero-order valence-electron chi connectivity index (χ0n) is 10.2. The maximum Gasteiger partial charge on any atom is 0.232 e. The van der Waals surface area contributed by atoms with Gasteiger partial charge < -0.3 is 0 Å². The number of nitrogens with zero attached hydrogens (tertiary/aromatic N) is 2. The Labute approximate surface area is 96.9 Å². The molecule has 16 heavy (non-hydrogen) atoms. The monoisotopic (exact) mass is 245 g/mol. The first-order valence-corrected chi connectivity index (χ1v) is 7.03. The number of aromatic nitrogens is 2. The standard InChI is InChI=1S/C10H19N3O2S/c1-5-6-7-16(14,15)12-10-8(2)11-13(4)9(10)3/h12H,5-7H2,1-4H3. The zero-order chi connectivity index (χ0) is 12.3. The first-order valence-electron chi connectivity index (χ1n) is 5.38. The molecule has 92 valence electrons. The highest BCUT2D eigenvalue weighted by Gasteiger charge is 2.16. The first kappa shape index (κ1) is 13.0. The van der Waals surface area contributed by atoms with E-state index in [1.54, 1.807) is 18.7 Å². The molecule has 0 bridgehead atoms. The third kappa shape index (κ3) is 2.98. The van der Waals surface area contributed by atoms with Gasteiger partial charge in [0.2, 0.25) is 10.0 Å². The number of anilines is 1. The van der Waals surface area contributed by atoms with Gasteiger partial charge in [-0.15, -0.1) is 0 Å². The summed E-state index contributed by atoms with van der Waals surface area (Å²) in [6.07, 6.45) is 1.54. The van der Waals surface area contributed by atoms with Gasteiger partial charge in [0.05, 0.1) is 22.8 Å². The molecule has 5 nitrogen and oxygen atoms in total. The Morgan fingerprint density at radius 2 is 2.00 bits per heavy atom. The van der Waals surface area contributed by atoms with Gasteiger partial charge in [-0.05, 0) is 20.3 Å². The van der Waals surface area contributed by atoms with Crippen LogP contribution in [0.25, 0.3) is 0 Å². The van der Waals surface area contributed by atoms with Crippen LogP contribution in [0.2, 0.25) is 0 Å². The van der Waals surface area contributed by atoms with Crippen molar-refractivity contribution in [1.29, 1.82) is 0 Å². The number of sulfonamides is 1. The summed E-state index contributed by atoms with van der Waals surface area (Å²) in [5.41, 5.74) is 2.15. The van der Waals surface area contributed by atoms with Crippen molar-refractivity contribution in [2.24, 2.45) is 7.05 Å². The lowest BCUT2D eigenvalue weighted by Gasteiger charge is -2.07. The highest BCUT2D eigenvalue weighted by molar-refractivity contribution is 7.92. The Hall–Kier alpha value is -1.04. The van der Waals surface area contributed by atoms with Crippen LogP contribution >= 0.6 is 0 Å². The highest BCUT2D eigenvalue weighted by Crippen LogP contribution is 2.19. The Morgan fingerprint density at radius 1 is 1.38 bits per heavy atom. The number of hydrogen-bond acceptors (Lipinski definition) is 3. The van der Waals surface area contributed by atoms with Crippen molar-refractivity contribution >= 4 is 15.7 Å². The molecule has 1 rings (SSSR count). The molecule has 0 aliphatic rings. The second-order valence-corrected chi connectivity index (χ2v) is 5.79. The van der Waals surface area contributed by atoms with Gasteiger partial charge in [-0.3, -0.25) is 9.40 Å². The third-order valence-corrected chi connectivity index (χ3v) is 3.87. The minimum atomic E-state index is -3.23. The molecule has 1 N–H and O–H groups in total. The number of aryl methyl sites for hydroxylation is 2. The Bertz CT molecular complexity index is 463. The van der Waals surface area contributed by atoms with Gasteiger partial charge in [-0.25, -0.2) is 8.42 Å². The Balaban J connectivity index is 2.88. The third-order valence-electron chi connectivity index (χ3n) is 2.53. The Morgan fingerprint density at radius 3 is 2.44 bits per heavy atom. The molecule has 0 fully saturated rings. The summed E-state index contributed by atoms with van der Waals surface area (Å²) < 4.78 is 27.7. The molecule has 0 aromatic carbocycles. The largest absolute Gasteiger partial charge is 0.280 e. The van der Waals surface area contributed by atoms with Crippen molar-refractivity contribution in [3.05, 3.63) is 11.4 Å². The van der Waals surface area contributed by atoms with Gasteiger partial charge in [-0.1, -0.05) is 13.3 Å².